The summed E-state index contributed by atoms with van der Waals surface area (Å²) in [5.74, 6) is 1.03. The van der Waals surface area contributed by atoms with Crippen LogP contribution in [0.2, 0.25) is 0 Å². The first kappa shape index (κ1) is 16.7. The minimum Gasteiger partial charge on any atom is -0.198 e. The van der Waals surface area contributed by atoms with Gasteiger partial charge in [-0.1, -0.05) is 33.8 Å². The van der Waals surface area contributed by atoms with Crippen molar-refractivity contribution in [3.63, 3.8) is 0 Å². The van der Waals surface area contributed by atoms with Gasteiger partial charge < -0.3 is 0 Å². The molecule has 0 aliphatic carbocycles. The van der Waals surface area contributed by atoms with Crippen LogP contribution in [0.3, 0.4) is 0 Å². The number of nitriles is 2. The molecule has 0 unspecified atom stereocenters. The molecule has 0 spiro atoms. The molecule has 2 nitrogen and oxygen atoms in total. The molecule has 0 bridgehead atoms. The summed E-state index contributed by atoms with van der Waals surface area (Å²) < 4.78 is 0.815. The molecule has 0 amide bonds. The van der Waals surface area contributed by atoms with E-state index >= 15 is 0 Å². The lowest BCUT2D eigenvalue weighted by Gasteiger charge is -2.17. The highest BCUT2D eigenvalue weighted by molar-refractivity contribution is 9.10. The van der Waals surface area contributed by atoms with Crippen LogP contribution in [0.25, 0.3) is 0 Å². The van der Waals surface area contributed by atoms with E-state index in [-0.39, 0.29) is 0 Å². The zero-order valence-corrected chi connectivity index (χ0v) is 14.2. The molecule has 1 rings (SSSR count). The second-order valence-corrected chi connectivity index (χ2v) is 6.80. The third-order valence-corrected chi connectivity index (χ3v) is 4.04. The minimum atomic E-state index is 0.347. The molecule has 0 aliphatic heterocycles. The lowest BCUT2D eigenvalue weighted by Crippen LogP contribution is -2.06. The maximum absolute atomic E-state index is 9.41. The van der Waals surface area contributed by atoms with Crippen LogP contribution in [0.1, 0.15) is 49.9 Å². The Kier molecular flexibility index (Phi) is 6.24. The highest BCUT2D eigenvalue weighted by atomic mass is 79.9. The van der Waals surface area contributed by atoms with E-state index in [2.05, 4.69) is 61.8 Å². The van der Waals surface area contributed by atoms with Crippen LogP contribution < -0.4 is 0 Å². The Labute approximate surface area is 130 Å². The molecule has 1 aromatic rings. The predicted molar refractivity (Wildman–Crippen MR) is 85.3 cm³/mol. The highest BCUT2D eigenvalue weighted by Gasteiger charge is 2.17. The van der Waals surface area contributed by atoms with Gasteiger partial charge in [0.2, 0.25) is 0 Å². The summed E-state index contributed by atoms with van der Waals surface area (Å²) in [6.45, 7) is 8.65. The van der Waals surface area contributed by atoms with Crippen molar-refractivity contribution in [3.8, 4) is 12.1 Å². The van der Waals surface area contributed by atoms with Crippen LogP contribution in [0.5, 0.6) is 0 Å². The van der Waals surface area contributed by atoms with Gasteiger partial charge in [-0.05, 0) is 57.3 Å². The number of hydrogen-bond acceptors (Lipinski definition) is 2. The van der Waals surface area contributed by atoms with E-state index in [0.717, 1.165) is 28.4 Å². The summed E-state index contributed by atoms with van der Waals surface area (Å²) in [7, 11) is 0. The molecule has 20 heavy (non-hydrogen) atoms. The van der Waals surface area contributed by atoms with Crippen LogP contribution in [-0.4, -0.2) is 0 Å². The average Bonchev–Trinajstić information content (AvgIpc) is 2.33. The van der Waals surface area contributed by atoms with Crippen molar-refractivity contribution < 1.29 is 0 Å². The van der Waals surface area contributed by atoms with Gasteiger partial charge in [-0.25, -0.2) is 0 Å². The van der Waals surface area contributed by atoms with E-state index in [9.17, 15) is 5.26 Å². The average molecular weight is 333 g/mol. The summed E-state index contributed by atoms with van der Waals surface area (Å²) in [5.41, 5.74) is 3.96. The van der Waals surface area contributed by atoms with Crippen molar-refractivity contribution >= 4 is 15.9 Å². The van der Waals surface area contributed by atoms with Crippen LogP contribution >= 0.6 is 15.9 Å². The van der Waals surface area contributed by atoms with Crippen molar-refractivity contribution in [3.05, 3.63) is 32.8 Å². The van der Waals surface area contributed by atoms with Gasteiger partial charge in [0.15, 0.2) is 0 Å². The zero-order valence-electron chi connectivity index (χ0n) is 12.6. The fraction of sp³-hybridized carbons (Fsp3) is 0.529. The molecule has 0 aliphatic rings. The Balaban J connectivity index is 3.45. The van der Waals surface area contributed by atoms with Gasteiger partial charge in [0.1, 0.15) is 6.07 Å². The van der Waals surface area contributed by atoms with Crippen LogP contribution in [0.15, 0.2) is 10.5 Å². The number of hydrogen-bond donors (Lipinski definition) is 0. The molecular weight excluding hydrogens is 312 g/mol. The lowest BCUT2D eigenvalue weighted by atomic mass is 9.89. The van der Waals surface area contributed by atoms with Gasteiger partial charge in [-0.2, -0.15) is 10.5 Å². The van der Waals surface area contributed by atoms with E-state index in [1.807, 2.05) is 0 Å². The molecule has 0 saturated heterocycles. The Morgan fingerprint density at radius 3 is 2.05 bits per heavy atom. The molecule has 0 fully saturated rings. The second kappa shape index (κ2) is 7.46. The number of benzene rings is 1. The van der Waals surface area contributed by atoms with E-state index < -0.39 is 0 Å². The molecule has 0 aromatic heterocycles. The summed E-state index contributed by atoms with van der Waals surface area (Å²) in [5, 5.41) is 18.4. The van der Waals surface area contributed by atoms with Crippen LogP contribution in [0, 0.1) is 34.5 Å². The topological polar surface area (TPSA) is 47.6 Å². The predicted octanol–water partition coefficient (Wildman–Crippen LogP) is 4.78. The molecule has 1 aromatic carbocycles. The normalized spacial score (nSPS) is 10.7. The maximum atomic E-state index is 9.41. The third kappa shape index (κ3) is 4.09. The van der Waals surface area contributed by atoms with E-state index in [4.69, 9.17) is 5.26 Å². The van der Waals surface area contributed by atoms with E-state index in [1.165, 1.54) is 5.56 Å². The quantitative estimate of drug-likeness (QED) is 0.778. The van der Waals surface area contributed by atoms with Gasteiger partial charge >= 0.3 is 0 Å². The highest BCUT2D eigenvalue weighted by Crippen LogP contribution is 2.31. The molecule has 0 heterocycles. The SMILES string of the molecule is CC(C)Cc1cc(CC(C)C)c(CC#N)c(Br)c1C#N. The third-order valence-electron chi connectivity index (χ3n) is 3.17. The largest absolute Gasteiger partial charge is 0.198 e. The smallest absolute Gasteiger partial charge is 0.101 e. The van der Waals surface area contributed by atoms with Gasteiger partial charge in [0.05, 0.1) is 18.1 Å². The first-order valence-corrected chi connectivity index (χ1v) is 7.80. The summed E-state index contributed by atoms with van der Waals surface area (Å²) >= 11 is 3.55. The fourth-order valence-corrected chi connectivity index (χ4v) is 3.15. The number of nitrogens with zero attached hydrogens (tertiary/aromatic N) is 2. The van der Waals surface area contributed by atoms with Crippen molar-refractivity contribution in [1.82, 2.24) is 0 Å². The summed E-state index contributed by atoms with van der Waals surface area (Å²) in [4.78, 5) is 0. The Morgan fingerprint density at radius 2 is 1.60 bits per heavy atom. The molecule has 0 radical (unpaired) electrons. The fourth-order valence-electron chi connectivity index (χ4n) is 2.42. The van der Waals surface area contributed by atoms with E-state index in [1.54, 1.807) is 0 Å². The molecule has 0 atom stereocenters. The molecule has 106 valence electrons. The van der Waals surface area contributed by atoms with Crippen molar-refractivity contribution in [2.24, 2.45) is 11.8 Å². The summed E-state index contributed by atoms with van der Waals surface area (Å²) in [6, 6.07) is 6.64. The number of rotatable bonds is 5. The first-order chi connectivity index (χ1) is 9.40. The maximum Gasteiger partial charge on any atom is 0.101 e. The first-order valence-electron chi connectivity index (χ1n) is 7.00. The van der Waals surface area contributed by atoms with E-state index in [0.29, 0.717) is 23.8 Å². The van der Waals surface area contributed by atoms with Crippen molar-refractivity contribution in [2.45, 2.75) is 47.0 Å². The number of halogens is 1. The van der Waals surface area contributed by atoms with Crippen molar-refractivity contribution in [1.29, 1.82) is 10.5 Å². The van der Waals surface area contributed by atoms with Crippen LogP contribution in [-0.2, 0) is 19.3 Å². The summed E-state index contributed by atoms with van der Waals surface area (Å²) in [6.07, 6.45) is 2.17. The Hall–Kier alpha value is -1.32. The minimum absolute atomic E-state index is 0.347. The Morgan fingerprint density at radius 1 is 1.05 bits per heavy atom. The van der Waals surface area contributed by atoms with Gasteiger partial charge in [0, 0.05) is 4.47 Å². The Bertz CT molecular complexity index is 560. The lowest BCUT2D eigenvalue weighted by molar-refractivity contribution is 0.632. The molecule has 3 heteroatoms. The molecule has 0 saturated carbocycles. The van der Waals surface area contributed by atoms with Gasteiger partial charge in [-0.3, -0.25) is 0 Å². The van der Waals surface area contributed by atoms with Crippen molar-refractivity contribution in [2.75, 3.05) is 0 Å². The van der Waals surface area contributed by atoms with Crippen LogP contribution in [0.4, 0.5) is 0 Å². The second-order valence-electron chi connectivity index (χ2n) is 6.00. The van der Waals surface area contributed by atoms with Gasteiger partial charge in [-0.15, -0.1) is 0 Å². The molecular formula is C17H21BrN2. The standard InChI is InChI=1S/C17H21BrN2/c1-11(2)7-13-9-14(8-12(3)4)16(10-20)17(18)15(13)5-6-19/h9,11-12H,5,7-8H2,1-4H3. The monoisotopic (exact) mass is 332 g/mol. The zero-order chi connectivity index (χ0) is 15.3. The van der Waals surface area contributed by atoms with Gasteiger partial charge in [0.25, 0.3) is 0 Å². The molecule has 0 N–H and O–H groups in total.